The van der Waals surface area contributed by atoms with E-state index in [1.165, 1.54) is 26.4 Å². The summed E-state index contributed by atoms with van der Waals surface area (Å²) in [6.07, 6.45) is 0. The highest BCUT2D eigenvalue weighted by Gasteiger charge is 2.22. The molecule has 0 bridgehead atoms. The summed E-state index contributed by atoms with van der Waals surface area (Å²) in [7, 11) is 2.40. The average Bonchev–Trinajstić information content (AvgIpc) is 2.46. The lowest BCUT2D eigenvalue weighted by atomic mass is 10.2. The van der Waals surface area contributed by atoms with Crippen LogP contribution in [0.2, 0.25) is 5.02 Å². The Morgan fingerprint density at radius 3 is 1.85 bits per heavy atom. The molecule has 7 heteroatoms. The maximum atomic E-state index is 12.2. The van der Waals surface area contributed by atoms with Gasteiger partial charge in [0.25, 0.3) is 5.91 Å². The van der Waals surface area contributed by atoms with Crippen LogP contribution in [0.5, 0.6) is 0 Å². The fraction of sp³-hybridized carbons (Fsp3) is 0.308. The normalized spacial score (nSPS) is 9.75. The van der Waals surface area contributed by atoms with Gasteiger partial charge in [0.2, 0.25) is 0 Å². The number of hydrogen-bond donors (Lipinski definition) is 0. The van der Waals surface area contributed by atoms with Crippen LogP contribution in [0.1, 0.15) is 10.4 Å². The molecule has 6 nitrogen and oxygen atoms in total. The van der Waals surface area contributed by atoms with E-state index in [-0.39, 0.29) is 13.1 Å². The first-order valence-electron chi connectivity index (χ1n) is 5.66. The first-order chi connectivity index (χ1) is 9.47. The van der Waals surface area contributed by atoms with Crippen LogP contribution in [0.25, 0.3) is 0 Å². The predicted octanol–water partition coefficient (Wildman–Crippen LogP) is 1.13. The lowest BCUT2D eigenvalue weighted by Gasteiger charge is -2.20. The quantitative estimate of drug-likeness (QED) is 0.762. The third-order valence-corrected chi connectivity index (χ3v) is 2.73. The molecule has 1 amide bonds. The molecule has 1 aromatic carbocycles. The number of hydrogen-bond acceptors (Lipinski definition) is 5. The molecule has 0 N–H and O–H groups in total. The molecule has 0 aliphatic heterocycles. The van der Waals surface area contributed by atoms with Crippen LogP contribution in [-0.4, -0.2) is 50.1 Å². The zero-order valence-electron chi connectivity index (χ0n) is 11.1. The van der Waals surface area contributed by atoms with Gasteiger partial charge in [-0.1, -0.05) is 11.6 Å². The van der Waals surface area contributed by atoms with Gasteiger partial charge in [-0.15, -0.1) is 0 Å². The highest BCUT2D eigenvalue weighted by atomic mass is 35.5. The summed E-state index contributed by atoms with van der Waals surface area (Å²) in [5.41, 5.74) is 0.308. The third kappa shape index (κ3) is 4.55. The average molecular weight is 300 g/mol. The van der Waals surface area contributed by atoms with E-state index < -0.39 is 17.8 Å². The Balaban J connectivity index is 2.90. The number of carbonyl (C=O) groups excluding carboxylic acids is 3. The molecule has 20 heavy (non-hydrogen) atoms. The Kier molecular flexibility index (Phi) is 5.99. The minimum Gasteiger partial charge on any atom is -0.468 e. The van der Waals surface area contributed by atoms with E-state index in [2.05, 4.69) is 9.47 Å². The van der Waals surface area contributed by atoms with Crippen LogP contribution in [0.4, 0.5) is 0 Å². The minimum atomic E-state index is -0.629. The summed E-state index contributed by atoms with van der Waals surface area (Å²) in [6, 6.07) is 6.10. The molecule has 0 unspecified atom stereocenters. The van der Waals surface area contributed by atoms with Gasteiger partial charge in [0.15, 0.2) is 0 Å². The fourth-order valence-electron chi connectivity index (χ4n) is 1.42. The molecular formula is C13H14ClNO5. The highest BCUT2D eigenvalue weighted by molar-refractivity contribution is 6.30. The van der Waals surface area contributed by atoms with E-state index in [1.54, 1.807) is 12.1 Å². The molecule has 0 fully saturated rings. The largest absolute Gasteiger partial charge is 0.468 e. The molecule has 0 aromatic heterocycles. The lowest BCUT2D eigenvalue weighted by molar-refractivity contribution is -0.144. The molecule has 1 aromatic rings. The SMILES string of the molecule is COC(=O)CN(CC(=O)OC)C(=O)c1ccc(Cl)cc1. The molecule has 0 saturated carbocycles. The number of benzene rings is 1. The van der Waals surface area contributed by atoms with Crippen molar-refractivity contribution >= 4 is 29.4 Å². The van der Waals surface area contributed by atoms with E-state index in [1.807, 2.05) is 0 Å². The summed E-state index contributed by atoms with van der Waals surface area (Å²) < 4.78 is 8.99. The van der Waals surface area contributed by atoms with E-state index in [4.69, 9.17) is 11.6 Å². The van der Waals surface area contributed by atoms with Crippen molar-refractivity contribution in [3.8, 4) is 0 Å². The molecule has 0 radical (unpaired) electrons. The van der Waals surface area contributed by atoms with Crippen LogP contribution in [0, 0.1) is 0 Å². The molecule has 0 saturated heterocycles. The topological polar surface area (TPSA) is 72.9 Å². The molecule has 0 aliphatic carbocycles. The van der Waals surface area contributed by atoms with Crippen molar-refractivity contribution in [3.63, 3.8) is 0 Å². The zero-order chi connectivity index (χ0) is 15.1. The summed E-state index contributed by atoms with van der Waals surface area (Å²) in [5, 5.41) is 0.481. The first-order valence-corrected chi connectivity index (χ1v) is 6.04. The summed E-state index contributed by atoms with van der Waals surface area (Å²) in [5.74, 6) is -1.75. The van der Waals surface area contributed by atoms with Gasteiger partial charge in [0, 0.05) is 10.6 Å². The number of ether oxygens (including phenoxy) is 2. The van der Waals surface area contributed by atoms with E-state index >= 15 is 0 Å². The van der Waals surface area contributed by atoms with Crippen molar-refractivity contribution in [3.05, 3.63) is 34.9 Å². The monoisotopic (exact) mass is 299 g/mol. The van der Waals surface area contributed by atoms with Gasteiger partial charge in [-0.05, 0) is 24.3 Å². The number of esters is 2. The zero-order valence-corrected chi connectivity index (χ0v) is 11.8. The number of methoxy groups -OCH3 is 2. The third-order valence-electron chi connectivity index (χ3n) is 2.47. The van der Waals surface area contributed by atoms with Crippen molar-refractivity contribution in [2.24, 2.45) is 0 Å². The van der Waals surface area contributed by atoms with Gasteiger partial charge in [-0.2, -0.15) is 0 Å². The van der Waals surface area contributed by atoms with E-state index in [0.717, 1.165) is 4.90 Å². The van der Waals surface area contributed by atoms with Crippen molar-refractivity contribution in [1.82, 2.24) is 4.90 Å². The van der Waals surface area contributed by atoms with Crippen LogP contribution < -0.4 is 0 Å². The molecule has 0 aliphatic rings. The van der Waals surface area contributed by atoms with Crippen molar-refractivity contribution in [1.29, 1.82) is 0 Å². The lowest BCUT2D eigenvalue weighted by Crippen LogP contribution is -2.40. The Bertz CT molecular complexity index is 482. The number of halogens is 1. The molecule has 0 spiro atoms. The molecule has 108 valence electrons. The number of nitrogens with zero attached hydrogens (tertiary/aromatic N) is 1. The summed E-state index contributed by atoms with van der Waals surface area (Å²) in [6.45, 7) is -0.680. The van der Waals surface area contributed by atoms with Crippen LogP contribution in [0.3, 0.4) is 0 Å². The van der Waals surface area contributed by atoms with Crippen molar-refractivity contribution in [2.75, 3.05) is 27.3 Å². The Morgan fingerprint density at radius 1 is 1.00 bits per heavy atom. The number of carbonyl (C=O) groups is 3. The van der Waals surface area contributed by atoms with E-state index in [0.29, 0.717) is 10.6 Å². The standard InChI is InChI=1S/C13H14ClNO5/c1-19-11(16)7-15(8-12(17)20-2)13(18)9-3-5-10(14)6-4-9/h3-6H,7-8H2,1-2H3. The molecular weight excluding hydrogens is 286 g/mol. The Labute approximate surface area is 121 Å². The predicted molar refractivity (Wildman–Crippen MR) is 71.4 cm³/mol. The first kappa shape index (κ1) is 16.0. The number of rotatable bonds is 5. The fourth-order valence-corrected chi connectivity index (χ4v) is 1.54. The Morgan fingerprint density at radius 2 is 1.45 bits per heavy atom. The minimum absolute atomic E-state index is 0.308. The van der Waals surface area contributed by atoms with Crippen LogP contribution in [0.15, 0.2) is 24.3 Å². The van der Waals surface area contributed by atoms with Gasteiger partial charge in [-0.25, -0.2) is 0 Å². The Hall–Kier alpha value is -2.08. The van der Waals surface area contributed by atoms with Gasteiger partial charge in [0.05, 0.1) is 14.2 Å². The van der Waals surface area contributed by atoms with Gasteiger partial charge in [0.1, 0.15) is 13.1 Å². The molecule has 1 rings (SSSR count). The second kappa shape index (κ2) is 7.49. The summed E-state index contributed by atoms with van der Waals surface area (Å²) in [4.78, 5) is 35.9. The van der Waals surface area contributed by atoms with Crippen LogP contribution >= 0.6 is 11.6 Å². The smallest absolute Gasteiger partial charge is 0.325 e. The van der Waals surface area contributed by atoms with Crippen molar-refractivity contribution in [2.45, 2.75) is 0 Å². The van der Waals surface area contributed by atoms with Gasteiger partial charge >= 0.3 is 11.9 Å². The van der Waals surface area contributed by atoms with Gasteiger partial charge in [-0.3, -0.25) is 14.4 Å². The highest BCUT2D eigenvalue weighted by Crippen LogP contribution is 2.11. The molecule has 0 atom stereocenters. The van der Waals surface area contributed by atoms with Crippen molar-refractivity contribution < 1.29 is 23.9 Å². The van der Waals surface area contributed by atoms with E-state index in [9.17, 15) is 14.4 Å². The number of amides is 1. The summed E-state index contributed by atoms with van der Waals surface area (Å²) >= 11 is 5.74. The maximum absolute atomic E-state index is 12.2. The second-order valence-corrected chi connectivity index (χ2v) is 4.26. The van der Waals surface area contributed by atoms with Gasteiger partial charge < -0.3 is 14.4 Å². The van der Waals surface area contributed by atoms with Crippen LogP contribution in [-0.2, 0) is 19.1 Å². The second-order valence-electron chi connectivity index (χ2n) is 3.82. The maximum Gasteiger partial charge on any atom is 0.325 e. The molecule has 0 heterocycles.